The van der Waals surface area contributed by atoms with Crippen LogP contribution in [0.1, 0.15) is 37.7 Å². The molecular formula is C21H35IN4O. The third-order valence-electron chi connectivity index (χ3n) is 5.67. The molecule has 0 spiro atoms. The zero-order valence-corrected chi connectivity index (χ0v) is 19.5. The number of hydrogen-bond acceptors (Lipinski definition) is 3. The second kappa shape index (κ2) is 10.5. The molecule has 1 saturated carbocycles. The highest BCUT2D eigenvalue weighted by atomic mass is 127. The summed E-state index contributed by atoms with van der Waals surface area (Å²) in [4.78, 5) is 9.77. The minimum absolute atomic E-state index is 0. The third-order valence-corrected chi connectivity index (χ3v) is 5.67. The summed E-state index contributed by atoms with van der Waals surface area (Å²) in [6.07, 6.45) is 3.90. The molecule has 5 nitrogen and oxygen atoms in total. The van der Waals surface area contributed by atoms with E-state index in [2.05, 4.69) is 60.4 Å². The van der Waals surface area contributed by atoms with Gasteiger partial charge in [-0.05, 0) is 63.9 Å². The molecule has 1 aromatic rings. The van der Waals surface area contributed by atoms with Gasteiger partial charge in [0.15, 0.2) is 5.96 Å². The Balaban J connectivity index is 0.00000261. The average Bonchev–Trinajstić information content (AvgIpc) is 3.36. The highest BCUT2D eigenvalue weighted by Gasteiger charge is 2.33. The molecule has 1 aromatic carbocycles. The molecule has 0 amide bonds. The normalized spacial score (nSPS) is 21.1. The number of likely N-dealkylation sites (N-methyl/N-ethyl adjacent to an activating group) is 1. The molecule has 2 fully saturated rings. The number of nitrogens with zero attached hydrogens (tertiary/aromatic N) is 3. The average molecular weight is 486 g/mol. The van der Waals surface area contributed by atoms with Gasteiger partial charge in [-0.3, -0.25) is 4.99 Å². The van der Waals surface area contributed by atoms with Crippen molar-refractivity contribution >= 4 is 29.9 Å². The molecule has 1 heterocycles. The van der Waals surface area contributed by atoms with E-state index >= 15 is 0 Å². The molecule has 0 bridgehead atoms. The van der Waals surface area contributed by atoms with Gasteiger partial charge in [-0.25, -0.2) is 0 Å². The van der Waals surface area contributed by atoms with Gasteiger partial charge in [0.25, 0.3) is 0 Å². The van der Waals surface area contributed by atoms with Gasteiger partial charge in [0.1, 0.15) is 5.75 Å². The van der Waals surface area contributed by atoms with Crippen LogP contribution in [-0.4, -0.2) is 69.2 Å². The molecule has 2 aliphatic rings. The van der Waals surface area contributed by atoms with E-state index in [1.54, 1.807) is 7.11 Å². The summed E-state index contributed by atoms with van der Waals surface area (Å²) in [7, 11) is 6.08. The molecule has 1 aliphatic carbocycles. The highest BCUT2D eigenvalue weighted by molar-refractivity contribution is 14.0. The fourth-order valence-electron chi connectivity index (χ4n) is 3.92. The number of nitrogens with one attached hydrogen (secondary N) is 1. The van der Waals surface area contributed by atoms with Gasteiger partial charge in [0.05, 0.1) is 13.7 Å². The molecule has 1 aliphatic heterocycles. The molecule has 3 rings (SSSR count). The predicted octanol–water partition coefficient (Wildman–Crippen LogP) is 3.41. The van der Waals surface area contributed by atoms with Crippen LogP contribution in [0.2, 0.25) is 0 Å². The van der Waals surface area contributed by atoms with Crippen molar-refractivity contribution in [3.05, 3.63) is 29.8 Å². The van der Waals surface area contributed by atoms with Crippen LogP contribution in [0.5, 0.6) is 5.75 Å². The van der Waals surface area contributed by atoms with E-state index in [1.165, 1.54) is 24.8 Å². The Morgan fingerprint density at radius 1 is 1.26 bits per heavy atom. The number of benzene rings is 1. The lowest BCUT2D eigenvalue weighted by molar-refractivity contribution is 0.270. The second-order valence-electron chi connectivity index (χ2n) is 7.77. The lowest BCUT2D eigenvalue weighted by Gasteiger charge is -2.25. The molecule has 0 aromatic heterocycles. The number of hydrogen-bond donors (Lipinski definition) is 1. The topological polar surface area (TPSA) is 40.1 Å². The Kier molecular flexibility index (Phi) is 8.66. The maximum absolute atomic E-state index is 5.28. The summed E-state index contributed by atoms with van der Waals surface area (Å²) in [5.74, 6) is 3.41. The summed E-state index contributed by atoms with van der Waals surface area (Å²) in [6.45, 7) is 6.06. The van der Waals surface area contributed by atoms with Crippen LogP contribution in [0.15, 0.2) is 29.3 Å². The maximum atomic E-state index is 5.28. The van der Waals surface area contributed by atoms with Gasteiger partial charge < -0.3 is 19.9 Å². The lowest BCUT2D eigenvalue weighted by Crippen LogP contribution is -2.41. The Morgan fingerprint density at radius 2 is 1.96 bits per heavy atom. The zero-order valence-electron chi connectivity index (χ0n) is 17.1. The summed E-state index contributed by atoms with van der Waals surface area (Å²) < 4.78 is 5.28. The van der Waals surface area contributed by atoms with E-state index in [4.69, 9.17) is 9.73 Å². The van der Waals surface area contributed by atoms with Crippen molar-refractivity contribution < 1.29 is 4.74 Å². The minimum Gasteiger partial charge on any atom is -0.497 e. The number of halogens is 1. The van der Waals surface area contributed by atoms with Crippen LogP contribution < -0.4 is 10.1 Å². The fourth-order valence-corrected chi connectivity index (χ4v) is 3.92. The molecule has 27 heavy (non-hydrogen) atoms. The SMILES string of the molecule is CCNC(=NCC(C1CC1)N(C)C)N1CCC(c2ccc(OC)cc2)C1.I. The summed E-state index contributed by atoms with van der Waals surface area (Å²) >= 11 is 0. The van der Waals surface area contributed by atoms with E-state index in [0.717, 1.165) is 43.8 Å². The molecule has 2 unspecified atom stereocenters. The molecule has 6 heteroatoms. The van der Waals surface area contributed by atoms with Gasteiger partial charge in [0, 0.05) is 31.6 Å². The number of aliphatic imine (C=N–C) groups is 1. The number of guanidine groups is 1. The predicted molar refractivity (Wildman–Crippen MR) is 124 cm³/mol. The minimum atomic E-state index is 0. The van der Waals surface area contributed by atoms with Gasteiger partial charge >= 0.3 is 0 Å². The molecule has 2 atom stereocenters. The summed E-state index contributed by atoms with van der Waals surface area (Å²) in [6, 6.07) is 9.10. The molecule has 0 radical (unpaired) electrons. The fraction of sp³-hybridized carbons (Fsp3) is 0.667. The molecule has 1 saturated heterocycles. The number of ether oxygens (including phenoxy) is 1. The van der Waals surface area contributed by atoms with Crippen LogP contribution in [-0.2, 0) is 0 Å². The first-order chi connectivity index (χ1) is 12.6. The monoisotopic (exact) mass is 486 g/mol. The smallest absolute Gasteiger partial charge is 0.193 e. The number of methoxy groups -OCH3 is 1. The van der Waals surface area contributed by atoms with Crippen LogP contribution in [0.25, 0.3) is 0 Å². The van der Waals surface area contributed by atoms with Crippen molar-refractivity contribution in [1.82, 2.24) is 15.1 Å². The molecule has 152 valence electrons. The Bertz CT molecular complexity index is 599. The lowest BCUT2D eigenvalue weighted by atomic mass is 9.98. The standard InChI is InChI=1S/C21H34N4O.HI/c1-5-22-21(23-14-20(24(2)3)17-6-7-17)25-13-12-18(15-25)16-8-10-19(26-4)11-9-16;/h8-11,17-18,20H,5-7,12-15H2,1-4H3,(H,22,23);1H. The quantitative estimate of drug-likeness (QED) is 0.365. The largest absolute Gasteiger partial charge is 0.497 e. The molecule has 1 N–H and O–H groups in total. The van der Waals surface area contributed by atoms with E-state index < -0.39 is 0 Å². The Morgan fingerprint density at radius 3 is 2.52 bits per heavy atom. The Hall–Kier alpha value is -1.02. The van der Waals surface area contributed by atoms with E-state index in [-0.39, 0.29) is 24.0 Å². The molecular weight excluding hydrogens is 451 g/mol. The van der Waals surface area contributed by atoms with Gasteiger partial charge in [0.2, 0.25) is 0 Å². The third kappa shape index (κ3) is 5.98. The van der Waals surface area contributed by atoms with E-state index in [0.29, 0.717) is 12.0 Å². The number of rotatable bonds is 7. The number of likely N-dealkylation sites (tertiary alicyclic amines) is 1. The van der Waals surface area contributed by atoms with Crippen molar-refractivity contribution in [1.29, 1.82) is 0 Å². The van der Waals surface area contributed by atoms with Crippen molar-refractivity contribution in [2.45, 2.75) is 38.1 Å². The first-order valence-corrected chi connectivity index (χ1v) is 9.96. The van der Waals surface area contributed by atoms with Crippen molar-refractivity contribution in [3.8, 4) is 5.75 Å². The summed E-state index contributed by atoms with van der Waals surface area (Å²) in [5, 5.41) is 3.51. The van der Waals surface area contributed by atoms with Crippen LogP contribution in [0, 0.1) is 5.92 Å². The van der Waals surface area contributed by atoms with Crippen LogP contribution in [0.4, 0.5) is 0 Å². The van der Waals surface area contributed by atoms with Gasteiger partial charge in [-0.2, -0.15) is 0 Å². The van der Waals surface area contributed by atoms with Crippen molar-refractivity contribution in [2.75, 3.05) is 47.4 Å². The first-order valence-electron chi connectivity index (χ1n) is 9.96. The van der Waals surface area contributed by atoms with Gasteiger partial charge in [-0.15, -0.1) is 24.0 Å². The first kappa shape index (κ1) is 22.3. The zero-order chi connectivity index (χ0) is 18.5. The van der Waals surface area contributed by atoms with Crippen molar-refractivity contribution in [3.63, 3.8) is 0 Å². The Labute approximate surface area is 181 Å². The van der Waals surface area contributed by atoms with Crippen LogP contribution >= 0.6 is 24.0 Å². The van der Waals surface area contributed by atoms with Crippen LogP contribution in [0.3, 0.4) is 0 Å². The second-order valence-corrected chi connectivity index (χ2v) is 7.77. The van der Waals surface area contributed by atoms with Crippen molar-refractivity contribution in [2.24, 2.45) is 10.9 Å². The van der Waals surface area contributed by atoms with E-state index in [1.807, 2.05) is 0 Å². The summed E-state index contributed by atoms with van der Waals surface area (Å²) in [5.41, 5.74) is 1.40. The highest BCUT2D eigenvalue weighted by Crippen LogP contribution is 2.35. The van der Waals surface area contributed by atoms with E-state index in [9.17, 15) is 0 Å². The van der Waals surface area contributed by atoms with Gasteiger partial charge in [-0.1, -0.05) is 12.1 Å². The maximum Gasteiger partial charge on any atom is 0.193 e.